The van der Waals surface area contributed by atoms with Crippen molar-refractivity contribution in [1.82, 2.24) is 9.88 Å². The van der Waals surface area contributed by atoms with Crippen LogP contribution in [0.3, 0.4) is 0 Å². The maximum atomic E-state index is 14.4. The molecule has 148 valence electrons. The highest BCUT2D eigenvalue weighted by molar-refractivity contribution is 5.68. The van der Waals surface area contributed by atoms with Gasteiger partial charge in [0.05, 0.1) is 13.0 Å². The van der Waals surface area contributed by atoms with Gasteiger partial charge < -0.3 is 14.4 Å². The minimum Gasteiger partial charge on any atom is -0.481 e. The molecule has 0 saturated carbocycles. The van der Waals surface area contributed by atoms with Gasteiger partial charge in [0.25, 0.3) is 5.92 Å². The second-order valence-corrected chi connectivity index (χ2v) is 7.08. The van der Waals surface area contributed by atoms with Gasteiger partial charge >= 0.3 is 6.09 Å². The number of aromatic nitrogens is 1. The van der Waals surface area contributed by atoms with E-state index in [1.807, 2.05) is 13.8 Å². The van der Waals surface area contributed by atoms with Crippen molar-refractivity contribution in [2.75, 3.05) is 20.2 Å². The van der Waals surface area contributed by atoms with Crippen molar-refractivity contribution in [2.45, 2.75) is 65.4 Å². The molecule has 0 spiro atoms. The smallest absolute Gasteiger partial charge is 0.410 e. The third-order valence-corrected chi connectivity index (χ3v) is 3.93. The Hall–Kier alpha value is -1.92. The van der Waals surface area contributed by atoms with Crippen LogP contribution in [0.1, 0.15) is 58.1 Å². The zero-order valence-corrected chi connectivity index (χ0v) is 16.7. The fourth-order valence-electron chi connectivity index (χ4n) is 2.73. The summed E-state index contributed by atoms with van der Waals surface area (Å²) in [6.45, 7) is 10.9. The van der Waals surface area contributed by atoms with Gasteiger partial charge in [-0.05, 0) is 39.3 Å². The van der Waals surface area contributed by atoms with E-state index in [0.717, 1.165) is 0 Å². The summed E-state index contributed by atoms with van der Waals surface area (Å²) in [5, 5.41) is 0. The molecule has 7 heteroatoms. The summed E-state index contributed by atoms with van der Waals surface area (Å²) in [5.41, 5.74) is 0.414. The summed E-state index contributed by atoms with van der Waals surface area (Å²) in [6.07, 6.45) is 0.423. The number of aryl methyl sites for hydroxylation is 1. The molecule has 2 heterocycles. The lowest BCUT2D eigenvalue weighted by molar-refractivity contribution is -0.0771. The van der Waals surface area contributed by atoms with Crippen LogP contribution >= 0.6 is 0 Å². The van der Waals surface area contributed by atoms with E-state index in [1.54, 1.807) is 33.8 Å². The summed E-state index contributed by atoms with van der Waals surface area (Å²) in [5.74, 6) is -3.61. The van der Waals surface area contributed by atoms with Crippen molar-refractivity contribution in [3.8, 4) is 5.88 Å². The first kappa shape index (κ1) is 22.1. The quantitative estimate of drug-likeness (QED) is 0.749. The molecular weight excluding hydrogens is 342 g/mol. The van der Waals surface area contributed by atoms with E-state index < -0.39 is 30.0 Å². The van der Waals surface area contributed by atoms with Crippen LogP contribution in [0.5, 0.6) is 5.88 Å². The lowest BCUT2D eigenvalue weighted by atomic mass is 9.87. The molecular formula is C19H30F2N2O3. The molecule has 1 aliphatic heterocycles. The maximum Gasteiger partial charge on any atom is 0.410 e. The third-order valence-electron chi connectivity index (χ3n) is 3.93. The number of carbonyl (C=O) groups excluding carboxylic acids is 1. The molecule has 0 N–H and O–H groups in total. The molecule has 0 aliphatic carbocycles. The zero-order chi connectivity index (χ0) is 20.1. The second kappa shape index (κ2) is 8.64. The second-order valence-electron chi connectivity index (χ2n) is 7.08. The number of ether oxygens (including phenoxy) is 2. The molecule has 1 unspecified atom stereocenters. The molecule has 1 fully saturated rings. The lowest BCUT2D eigenvalue weighted by Gasteiger charge is -2.39. The molecule has 0 radical (unpaired) electrons. The molecule has 1 atom stereocenters. The third kappa shape index (κ3) is 5.54. The molecule has 1 aromatic heterocycles. The highest BCUT2D eigenvalue weighted by Gasteiger charge is 2.46. The fraction of sp³-hybridized carbons (Fsp3) is 0.684. The van der Waals surface area contributed by atoms with Gasteiger partial charge in [0, 0.05) is 31.3 Å². The molecule has 1 aliphatic rings. The van der Waals surface area contributed by atoms with Crippen molar-refractivity contribution in [2.24, 2.45) is 0 Å². The van der Waals surface area contributed by atoms with E-state index in [-0.39, 0.29) is 13.1 Å². The minimum absolute atomic E-state index is 0.0268. The molecule has 1 aromatic rings. The van der Waals surface area contributed by atoms with Gasteiger partial charge in [-0.1, -0.05) is 13.8 Å². The Kier molecular flexibility index (Phi) is 7.35. The maximum absolute atomic E-state index is 14.4. The molecule has 1 amide bonds. The summed E-state index contributed by atoms with van der Waals surface area (Å²) >= 11 is 0. The van der Waals surface area contributed by atoms with Gasteiger partial charge in [-0.15, -0.1) is 0 Å². The van der Waals surface area contributed by atoms with Gasteiger partial charge in [-0.25, -0.2) is 18.6 Å². The molecule has 26 heavy (non-hydrogen) atoms. The first-order valence-electron chi connectivity index (χ1n) is 8.90. The number of piperidine rings is 1. The lowest BCUT2D eigenvalue weighted by Crippen LogP contribution is -2.49. The molecule has 0 bridgehead atoms. The normalized spacial score (nSPS) is 19.3. The fourth-order valence-corrected chi connectivity index (χ4v) is 2.73. The summed E-state index contributed by atoms with van der Waals surface area (Å²) in [4.78, 5) is 17.6. The number of likely N-dealkylation sites (tertiary alicyclic amines) is 1. The number of hydrogen-bond acceptors (Lipinski definition) is 4. The van der Waals surface area contributed by atoms with Crippen molar-refractivity contribution >= 4 is 6.09 Å². The van der Waals surface area contributed by atoms with Gasteiger partial charge in [0.15, 0.2) is 0 Å². The van der Waals surface area contributed by atoms with Crippen LogP contribution in [0.4, 0.5) is 13.6 Å². The predicted octanol–water partition coefficient (Wildman–Crippen LogP) is 4.78. The van der Waals surface area contributed by atoms with Gasteiger partial charge in [-0.3, -0.25) is 0 Å². The SMILES string of the molecule is CC.COc1ncc(C2CN(C(=O)OC(C)(C)C)CCC2(F)F)cc1C. The number of pyridine rings is 1. The van der Waals surface area contributed by atoms with E-state index in [0.29, 0.717) is 17.0 Å². The van der Waals surface area contributed by atoms with Crippen molar-refractivity contribution in [1.29, 1.82) is 0 Å². The Morgan fingerprint density at radius 3 is 2.46 bits per heavy atom. The van der Waals surface area contributed by atoms with Crippen LogP contribution in [0.2, 0.25) is 0 Å². The van der Waals surface area contributed by atoms with Gasteiger partial charge in [0.1, 0.15) is 5.60 Å². The van der Waals surface area contributed by atoms with E-state index in [2.05, 4.69) is 4.98 Å². The monoisotopic (exact) mass is 372 g/mol. The average molecular weight is 372 g/mol. The van der Waals surface area contributed by atoms with Crippen LogP contribution in [0.15, 0.2) is 12.3 Å². The van der Waals surface area contributed by atoms with Gasteiger partial charge in [0.2, 0.25) is 5.88 Å². The number of carbonyl (C=O) groups is 1. The van der Waals surface area contributed by atoms with Crippen LogP contribution in [-0.4, -0.2) is 47.7 Å². The number of rotatable bonds is 2. The number of methoxy groups -OCH3 is 1. The predicted molar refractivity (Wildman–Crippen MR) is 97.0 cm³/mol. The van der Waals surface area contributed by atoms with E-state index in [1.165, 1.54) is 18.2 Å². The van der Waals surface area contributed by atoms with Crippen LogP contribution in [0.25, 0.3) is 0 Å². The number of hydrogen-bond donors (Lipinski definition) is 0. The summed E-state index contributed by atoms with van der Waals surface area (Å²) < 4.78 is 39.2. The Labute approximate surface area is 154 Å². The van der Waals surface area contributed by atoms with Crippen molar-refractivity contribution < 1.29 is 23.0 Å². The van der Waals surface area contributed by atoms with Crippen LogP contribution in [0, 0.1) is 6.92 Å². The highest BCUT2D eigenvalue weighted by Crippen LogP contribution is 2.41. The average Bonchev–Trinajstić information content (AvgIpc) is 2.54. The minimum atomic E-state index is -2.90. The number of alkyl halides is 2. The van der Waals surface area contributed by atoms with Crippen molar-refractivity contribution in [3.05, 3.63) is 23.4 Å². The number of amides is 1. The Morgan fingerprint density at radius 1 is 1.35 bits per heavy atom. The topological polar surface area (TPSA) is 51.7 Å². The number of halogens is 2. The van der Waals surface area contributed by atoms with E-state index >= 15 is 0 Å². The molecule has 1 saturated heterocycles. The molecule has 2 rings (SSSR count). The Bertz CT molecular complexity index is 615. The standard InChI is InChI=1S/C17H24F2N2O3.C2H6/c1-11-8-12(9-20-14(11)23-5)13-10-21(7-6-17(13,18)19)15(22)24-16(2,3)4;1-2/h8-9,13H,6-7,10H2,1-5H3;1-2H3. The van der Waals surface area contributed by atoms with Gasteiger partial charge in [-0.2, -0.15) is 0 Å². The summed E-state index contributed by atoms with van der Waals surface area (Å²) in [6, 6.07) is 1.64. The molecule has 5 nitrogen and oxygen atoms in total. The zero-order valence-electron chi connectivity index (χ0n) is 16.7. The van der Waals surface area contributed by atoms with Crippen LogP contribution in [-0.2, 0) is 4.74 Å². The molecule has 0 aromatic carbocycles. The van der Waals surface area contributed by atoms with Crippen LogP contribution < -0.4 is 4.74 Å². The van der Waals surface area contributed by atoms with E-state index in [4.69, 9.17) is 9.47 Å². The Morgan fingerprint density at radius 2 is 1.96 bits per heavy atom. The first-order chi connectivity index (χ1) is 12.0. The highest BCUT2D eigenvalue weighted by atomic mass is 19.3. The largest absolute Gasteiger partial charge is 0.481 e. The van der Waals surface area contributed by atoms with E-state index in [9.17, 15) is 13.6 Å². The van der Waals surface area contributed by atoms with Crippen molar-refractivity contribution in [3.63, 3.8) is 0 Å². The number of nitrogens with zero attached hydrogens (tertiary/aromatic N) is 2. The summed E-state index contributed by atoms with van der Waals surface area (Å²) in [7, 11) is 1.48. The first-order valence-corrected chi connectivity index (χ1v) is 8.90. The Balaban J connectivity index is 0.00000163.